The van der Waals surface area contributed by atoms with Crippen LogP contribution in [0.4, 0.5) is 15.8 Å². The second kappa shape index (κ2) is 3.83. The van der Waals surface area contributed by atoms with Gasteiger partial charge in [0, 0.05) is 20.2 Å². The average molecular weight is 180 g/mol. The number of hydrogen-bond acceptors (Lipinski definition) is 3. The third-order valence-corrected chi connectivity index (χ3v) is 1.59. The lowest BCUT2D eigenvalue weighted by atomic mass is 10.2. The van der Waals surface area contributed by atoms with Gasteiger partial charge in [0.15, 0.2) is 0 Å². The Morgan fingerprint density at radius 3 is 2.69 bits per heavy atom. The van der Waals surface area contributed by atoms with Crippen LogP contribution in [-0.2, 0) is 4.79 Å². The van der Waals surface area contributed by atoms with Gasteiger partial charge in [-0.2, -0.15) is 4.99 Å². The molecule has 0 fully saturated rings. The monoisotopic (exact) mass is 180 g/mol. The van der Waals surface area contributed by atoms with Gasteiger partial charge in [-0.05, 0) is 12.1 Å². The maximum absolute atomic E-state index is 12.7. The molecule has 0 aromatic heterocycles. The molecule has 1 rings (SSSR count). The second-order valence-electron chi connectivity index (χ2n) is 2.73. The molecule has 0 radical (unpaired) electrons. The van der Waals surface area contributed by atoms with Crippen LogP contribution < -0.4 is 4.90 Å². The molecule has 0 unspecified atom stereocenters. The van der Waals surface area contributed by atoms with Crippen molar-refractivity contribution < 1.29 is 9.18 Å². The summed E-state index contributed by atoms with van der Waals surface area (Å²) >= 11 is 0. The van der Waals surface area contributed by atoms with Crippen LogP contribution in [0.3, 0.4) is 0 Å². The maximum Gasteiger partial charge on any atom is 0.240 e. The standard InChI is InChI=1S/C9H9FN2O/c1-12(2)9-4-3-7(10)5-8(9)11-6-13/h3-5H,1-2H3. The van der Waals surface area contributed by atoms with Crippen molar-refractivity contribution >= 4 is 17.5 Å². The summed E-state index contributed by atoms with van der Waals surface area (Å²) in [5.41, 5.74) is 0.977. The van der Waals surface area contributed by atoms with Crippen LogP contribution >= 0.6 is 0 Å². The molecule has 3 nitrogen and oxygen atoms in total. The minimum absolute atomic E-state index is 0.292. The highest BCUT2D eigenvalue weighted by Crippen LogP contribution is 2.27. The van der Waals surface area contributed by atoms with Gasteiger partial charge < -0.3 is 4.90 Å². The van der Waals surface area contributed by atoms with Crippen LogP contribution in [0, 0.1) is 5.82 Å². The van der Waals surface area contributed by atoms with Crippen LogP contribution in [0.15, 0.2) is 23.2 Å². The van der Waals surface area contributed by atoms with E-state index in [0.29, 0.717) is 11.4 Å². The van der Waals surface area contributed by atoms with Gasteiger partial charge in [0.2, 0.25) is 6.08 Å². The summed E-state index contributed by atoms with van der Waals surface area (Å²) in [4.78, 5) is 15.2. The number of isocyanates is 1. The van der Waals surface area contributed by atoms with Crippen LogP contribution in [-0.4, -0.2) is 20.2 Å². The van der Waals surface area contributed by atoms with E-state index < -0.39 is 5.82 Å². The van der Waals surface area contributed by atoms with E-state index in [-0.39, 0.29) is 0 Å². The molecule has 0 aliphatic carbocycles. The summed E-state index contributed by atoms with van der Waals surface area (Å²) in [5, 5.41) is 0. The van der Waals surface area contributed by atoms with Crippen LogP contribution in [0.2, 0.25) is 0 Å². The molecule has 1 aromatic rings. The lowest BCUT2D eigenvalue weighted by molar-refractivity contribution is 0.565. The zero-order chi connectivity index (χ0) is 9.84. The highest BCUT2D eigenvalue weighted by atomic mass is 19.1. The molecular formula is C9H9FN2O. The minimum Gasteiger partial charge on any atom is -0.376 e. The highest BCUT2D eigenvalue weighted by Gasteiger charge is 2.04. The Bertz CT molecular complexity index is 357. The lowest BCUT2D eigenvalue weighted by Crippen LogP contribution is -2.08. The van der Waals surface area contributed by atoms with Crippen molar-refractivity contribution in [3.63, 3.8) is 0 Å². The number of benzene rings is 1. The van der Waals surface area contributed by atoms with Crippen LogP contribution in [0.25, 0.3) is 0 Å². The SMILES string of the molecule is CN(C)c1ccc(F)cc1N=C=O. The molecule has 0 amide bonds. The number of nitrogens with zero attached hydrogens (tertiary/aromatic N) is 2. The van der Waals surface area contributed by atoms with Gasteiger partial charge in [0.1, 0.15) is 11.5 Å². The number of hydrogen-bond donors (Lipinski definition) is 0. The predicted molar refractivity (Wildman–Crippen MR) is 48.5 cm³/mol. The third-order valence-electron chi connectivity index (χ3n) is 1.59. The number of halogens is 1. The molecule has 0 spiro atoms. The van der Waals surface area contributed by atoms with Crippen molar-refractivity contribution in [3.8, 4) is 0 Å². The Hall–Kier alpha value is -1.67. The van der Waals surface area contributed by atoms with Crippen LogP contribution in [0.5, 0.6) is 0 Å². The molecule has 0 heterocycles. The van der Waals surface area contributed by atoms with E-state index in [1.165, 1.54) is 18.2 Å². The minimum atomic E-state index is -0.417. The number of aliphatic imine (C=N–C) groups is 1. The zero-order valence-electron chi connectivity index (χ0n) is 7.41. The quantitative estimate of drug-likeness (QED) is 0.514. The normalized spacial score (nSPS) is 9.15. The van der Waals surface area contributed by atoms with Gasteiger partial charge in [-0.1, -0.05) is 0 Å². The topological polar surface area (TPSA) is 32.7 Å². The van der Waals surface area contributed by atoms with Crippen molar-refractivity contribution in [2.75, 3.05) is 19.0 Å². The van der Waals surface area contributed by atoms with E-state index in [9.17, 15) is 9.18 Å². The fourth-order valence-corrected chi connectivity index (χ4v) is 1.01. The van der Waals surface area contributed by atoms with Crippen molar-refractivity contribution in [1.29, 1.82) is 0 Å². The van der Waals surface area contributed by atoms with Crippen molar-refractivity contribution in [3.05, 3.63) is 24.0 Å². The lowest BCUT2D eigenvalue weighted by Gasteiger charge is -2.13. The largest absolute Gasteiger partial charge is 0.376 e. The predicted octanol–water partition coefficient (Wildman–Crippen LogP) is 1.86. The molecule has 0 N–H and O–H groups in total. The maximum atomic E-state index is 12.7. The second-order valence-corrected chi connectivity index (χ2v) is 2.73. The fraction of sp³-hybridized carbons (Fsp3) is 0.222. The van der Waals surface area contributed by atoms with Gasteiger partial charge in [0.05, 0.1) is 5.69 Å². The molecular weight excluding hydrogens is 171 g/mol. The number of anilines is 1. The summed E-state index contributed by atoms with van der Waals surface area (Å²) < 4.78 is 12.7. The van der Waals surface area contributed by atoms with E-state index in [4.69, 9.17) is 0 Å². The van der Waals surface area contributed by atoms with Crippen LogP contribution in [0.1, 0.15) is 0 Å². The fourth-order valence-electron chi connectivity index (χ4n) is 1.01. The molecule has 0 bridgehead atoms. The van der Waals surface area contributed by atoms with E-state index in [0.717, 1.165) is 0 Å². The molecule has 1 aromatic carbocycles. The Balaban J connectivity index is 3.26. The Kier molecular flexibility index (Phi) is 2.77. The molecule has 4 heteroatoms. The first kappa shape index (κ1) is 9.42. The summed E-state index contributed by atoms with van der Waals surface area (Å²) in [7, 11) is 3.58. The first-order valence-corrected chi connectivity index (χ1v) is 3.70. The summed E-state index contributed by atoms with van der Waals surface area (Å²) in [6.07, 6.45) is 1.39. The Labute approximate surface area is 75.5 Å². The molecule has 0 saturated heterocycles. The molecule has 0 saturated carbocycles. The smallest absolute Gasteiger partial charge is 0.240 e. The first-order chi connectivity index (χ1) is 6.15. The third kappa shape index (κ3) is 2.13. The molecule has 68 valence electrons. The average Bonchev–Trinajstić information content (AvgIpc) is 2.04. The Morgan fingerprint density at radius 2 is 2.15 bits per heavy atom. The zero-order valence-corrected chi connectivity index (χ0v) is 7.41. The van der Waals surface area contributed by atoms with E-state index >= 15 is 0 Å². The molecule has 0 aliphatic heterocycles. The first-order valence-electron chi connectivity index (χ1n) is 3.70. The van der Waals surface area contributed by atoms with Crippen molar-refractivity contribution in [1.82, 2.24) is 0 Å². The summed E-state index contributed by atoms with van der Waals surface area (Å²) in [6, 6.07) is 4.07. The van der Waals surface area contributed by atoms with Gasteiger partial charge >= 0.3 is 0 Å². The summed E-state index contributed by atoms with van der Waals surface area (Å²) in [6.45, 7) is 0. The van der Waals surface area contributed by atoms with E-state index in [1.54, 1.807) is 25.1 Å². The van der Waals surface area contributed by atoms with Crippen molar-refractivity contribution in [2.24, 2.45) is 4.99 Å². The van der Waals surface area contributed by atoms with Gasteiger partial charge in [-0.15, -0.1) is 0 Å². The van der Waals surface area contributed by atoms with E-state index in [1.807, 2.05) is 0 Å². The van der Waals surface area contributed by atoms with Crippen molar-refractivity contribution in [2.45, 2.75) is 0 Å². The van der Waals surface area contributed by atoms with Gasteiger partial charge in [-0.3, -0.25) is 0 Å². The number of rotatable bonds is 2. The van der Waals surface area contributed by atoms with E-state index in [2.05, 4.69) is 4.99 Å². The highest BCUT2D eigenvalue weighted by molar-refractivity contribution is 5.69. The molecule has 0 atom stereocenters. The summed E-state index contributed by atoms with van der Waals surface area (Å²) in [5.74, 6) is -0.417. The Morgan fingerprint density at radius 1 is 1.46 bits per heavy atom. The van der Waals surface area contributed by atoms with Gasteiger partial charge in [0.25, 0.3) is 0 Å². The molecule has 0 aliphatic rings. The molecule has 13 heavy (non-hydrogen) atoms. The van der Waals surface area contributed by atoms with Gasteiger partial charge in [-0.25, -0.2) is 9.18 Å². The number of carbonyl (C=O) groups excluding carboxylic acids is 1.